The van der Waals surface area contributed by atoms with E-state index in [4.69, 9.17) is 4.42 Å². The Balaban J connectivity index is 1.18. The van der Waals surface area contributed by atoms with Gasteiger partial charge in [0, 0.05) is 43.2 Å². The lowest BCUT2D eigenvalue weighted by Crippen LogP contribution is -2.10. The molecule has 2 heterocycles. The number of benzene rings is 8. The summed E-state index contributed by atoms with van der Waals surface area (Å²) >= 11 is 1.86. The maximum Gasteiger partial charge on any atom is 0.143 e. The molecule has 3 heteroatoms. The molecule has 0 saturated heterocycles. The molecule has 0 radical (unpaired) electrons. The van der Waals surface area contributed by atoms with Crippen LogP contribution in [0.3, 0.4) is 0 Å². The van der Waals surface area contributed by atoms with Gasteiger partial charge in [-0.1, -0.05) is 146 Å². The number of nitrogens with zero attached hydrogens (tertiary/aromatic N) is 1. The van der Waals surface area contributed by atoms with Gasteiger partial charge in [-0.05, 0) is 70.3 Å². The zero-order valence-electron chi connectivity index (χ0n) is 27.7. The maximum absolute atomic E-state index is 6.43. The molecule has 10 aromatic rings. The highest BCUT2D eigenvalue weighted by molar-refractivity contribution is 7.26. The SMILES string of the molecule is c1ccc(-c2cccc(N(c3ccc(-c4cccc5c4oc4ccccc45)cc3)c3ccc(-c4ccccc4)c4c3sc3ccccc34)c2)cc1. The number of hydrogen-bond donors (Lipinski definition) is 0. The molecule has 240 valence electrons. The van der Waals surface area contributed by atoms with Crippen LogP contribution in [0.1, 0.15) is 0 Å². The van der Waals surface area contributed by atoms with Crippen molar-refractivity contribution in [3.8, 4) is 33.4 Å². The van der Waals surface area contributed by atoms with Crippen LogP contribution in [0, 0.1) is 0 Å². The van der Waals surface area contributed by atoms with Gasteiger partial charge in [0.2, 0.25) is 0 Å². The van der Waals surface area contributed by atoms with Crippen molar-refractivity contribution in [1.82, 2.24) is 0 Å². The number of anilines is 3. The van der Waals surface area contributed by atoms with E-state index >= 15 is 0 Å². The Bertz CT molecular complexity index is 2850. The first-order chi connectivity index (χ1) is 25.3. The molecule has 0 aliphatic heterocycles. The van der Waals surface area contributed by atoms with E-state index in [0.717, 1.165) is 50.1 Å². The quantitative estimate of drug-likeness (QED) is 0.175. The molecule has 8 aromatic carbocycles. The number of fused-ring (bicyclic) bond motifs is 6. The fourth-order valence-electron chi connectivity index (χ4n) is 7.50. The highest BCUT2D eigenvalue weighted by Gasteiger charge is 2.21. The Morgan fingerprint density at radius 3 is 1.88 bits per heavy atom. The lowest BCUT2D eigenvalue weighted by Gasteiger charge is -2.27. The van der Waals surface area contributed by atoms with Crippen molar-refractivity contribution < 1.29 is 4.42 Å². The average molecular weight is 670 g/mol. The molecule has 0 bridgehead atoms. The van der Waals surface area contributed by atoms with Crippen LogP contribution >= 0.6 is 11.3 Å². The summed E-state index contributed by atoms with van der Waals surface area (Å²) in [6.07, 6.45) is 0. The minimum atomic E-state index is 0.910. The second-order valence-electron chi connectivity index (χ2n) is 12.9. The van der Waals surface area contributed by atoms with E-state index in [9.17, 15) is 0 Å². The van der Waals surface area contributed by atoms with Crippen molar-refractivity contribution in [3.63, 3.8) is 0 Å². The smallest absolute Gasteiger partial charge is 0.143 e. The molecule has 0 spiro atoms. The van der Waals surface area contributed by atoms with Crippen molar-refractivity contribution in [2.45, 2.75) is 0 Å². The summed E-state index contributed by atoms with van der Waals surface area (Å²) in [6.45, 7) is 0. The summed E-state index contributed by atoms with van der Waals surface area (Å²) in [6, 6.07) is 67.3. The number of rotatable bonds is 6. The van der Waals surface area contributed by atoms with Crippen LogP contribution < -0.4 is 4.90 Å². The second kappa shape index (κ2) is 12.2. The standard InChI is InChI=1S/C48H31NOS/c1-3-13-32(14-4-1)35-17-11-18-37(31-35)49(36-27-25-34(26-28-36)39-21-12-22-41-40-19-7-9-23-44(40)50-47(39)41)43-30-29-38(33-15-5-2-6-16-33)46-42-20-8-10-24-45(42)51-48(43)46/h1-31H. The third-order valence-electron chi connectivity index (χ3n) is 9.88. The van der Waals surface area contributed by atoms with Crippen LogP contribution in [0.15, 0.2) is 192 Å². The zero-order valence-corrected chi connectivity index (χ0v) is 28.5. The molecule has 10 rings (SSSR count). The summed E-state index contributed by atoms with van der Waals surface area (Å²) in [4.78, 5) is 2.42. The molecule has 0 unspecified atom stereocenters. The Hall–Kier alpha value is -6.42. The van der Waals surface area contributed by atoms with Crippen LogP contribution in [0.2, 0.25) is 0 Å². The minimum Gasteiger partial charge on any atom is -0.455 e. The highest BCUT2D eigenvalue weighted by Crippen LogP contribution is 2.49. The molecule has 0 aliphatic carbocycles. The van der Waals surface area contributed by atoms with Crippen LogP contribution in [-0.2, 0) is 0 Å². The highest BCUT2D eigenvalue weighted by atomic mass is 32.1. The molecule has 0 aliphatic rings. The number of furan rings is 1. The van der Waals surface area contributed by atoms with E-state index in [0.29, 0.717) is 0 Å². The first-order valence-corrected chi connectivity index (χ1v) is 18.1. The van der Waals surface area contributed by atoms with E-state index in [1.54, 1.807) is 0 Å². The van der Waals surface area contributed by atoms with Crippen molar-refractivity contribution in [3.05, 3.63) is 188 Å². The largest absolute Gasteiger partial charge is 0.455 e. The van der Waals surface area contributed by atoms with Gasteiger partial charge in [0.25, 0.3) is 0 Å². The van der Waals surface area contributed by atoms with Gasteiger partial charge in [0.1, 0.15) is 11.2 Å². The molecule has 51 heavy (non-hydrogen) atoms. The van der Waals surface area contributed by atoms with Gasteiger partial charge in [0.05, 0.1) is 10.4 Å². The second-order valence-corrected chi connectivity index (χ2v) is 13.9. The van der Waals surface area contributed by atoms with Crippen molar-refractivity contribution in [2.24, 2.45) is 0 Å². The fourth-order valence-corrected chi connectivity index (χ4v) is 8.73. The summed E-state index contributed by atoms with van der Waals surface area (Å²) in [5.41, 5.74) is 12.2. The van der Waals surface area contributed by atoms with Gasteiger partial charge in [-0.3, -0.25) is 0 Å². The van der Waals surface area contributed by atoms with Gasteiger partial charge in [-0.2, -0.15) is 0 Å². The van der Waals surface area contributed by atoms with Gasteiger partial charge in [-0.25, -0.2) is 0 Å². The molecule has 0 atom stereocenters. The van der Waals surface area contributed by atoms with Crippen molar-refractivity contribution in [1.29, 1.82) is 0 Å². The number of hydrogen-bond acceptors (Lipinski definition) is 3. The summed E-state index contributed by atoms with van der Waals surface area (Å²) in [7, 11) is 0. The van der Waals surface area contributed by atoms with Crippen molar-refractivity contribution in [2.75, 3.05) is 4.90 Å². The average Bonchev–Trinajstić information content (AvgIpc) is 3.79. The van der Waals surface area contributed by atoms with Gasteiger partial charge in [-0.15, -0.1) is 11.3 Å². The molecule has 0 amide bonds. The third-order valence-corrected chi connectivity index (χ3v) is 11.1. The molecule has 0 N–H and O–H groups in total. The first-order valence-electron chi connectivity index (χ1n) is 17.3. The Labute approximate surface area is 300 Å². The monoisotopic (exact) mass is 669 g/mol. The summed E-state index contributed by atoms with van der Waals surface area (Å²) in [5, 5.41) is 4.85. The van der Waals surface area contributed by atoms with E-state index in [1.807, 2.05) is 23.5 Å². The van der Waals surface area contributed by atoms with E-state index in [-0.39, 0.29) is 0 Å². The lowest BCUT2D eigenvalue weighted by molar-refractivity contribution is 0.670. The van der Waals surface area contributed by atoms with Crippen LogP contribution in [0.5, 0.6) is 0 Å². The summed E-state index contributed by atoms with van der Waals surface area (Å²) in [5.74, 6) is 0. The zero-order chi connectivity index (χ0) is 33.7. The van der Waals surface area contributed by atoms with E-state index in [2.05, 4.69) is 181 Å². The van der Waals surface area contributed by atoms with Crippen LogP contribution in [0.4, 0.5) is 17.1 Å². The first kappa shape index (κ1) is 29.5. The molecule has 2 aromatic heterocycles. The molecule has 2 nitrogen and oxygen atoms in total. The van der Waals surface area contributed by atoms with Gasteiger partial charge < -0.3 is 9.32 Å². The number of para-hydroxylation sites is 2. The van der Waals surface area contributed by atoms with Gasteiger partial charge >= 0.3 is 0 Å². The lowest BCUT2D eigenvalue weighted by atomic mass is 9.98. The Morgan fingerprint density at radius 1 is 0.412 bits per heavy atom. The van der Waals surface area contributed by atoms with Crippen LogP contribution in [0.25, 0.3) is 75.5 Å². The van der Waals surface area contributed by atoms with E-state index in [1.165, 1.54) is 42.4 Å². The van der Waals surface area contributed by atoms with Gasteiger partial charge in [0.15, 0.2) is 0 Å². The normalized spacial score (nSPS) is 11.5. The van der Waals surface area contributed by atoms with Crippen molar-refractivity contribution >= 4 is 70.5 Å². The predicted molar refractivity (Wildman–Crippen MR) is 218 cm³/mol. The Morgan fingerprint density at radius 2 is 1.06 bits per heavy atom. The van der Waals surface area contributed by atoms with E-state index < -0.39 is 0 Å². The molecular weight excluding hydrogens is 639 g/mol. The third kappa shape index (κ3) is 5.01. The maximum atomic E-state index is 6.43. The fraction of sp³-hybridized carbons (Fsp3) is 0. The number of thiophene rings is 1. The molecule has 0 saturated carbocycles. The predicted octanol–water partition coefficient (Wildman–Crippen LogP) is 14.4. The van der Waals surface area contributed by atoms with Crippen LogP contribution in [-0.4, -0.2) is 0 Å². The summed E-state index contributed by atoms with van der Waals surface area (Å²) < 4.78 is 8.97. The molecule has 0 fully saturated rings. The minimum absolute atomic E-state index is 0.910. The molecular formula is C48H31NOS. The Kier molecular flexibility index (Phi) is 7.04. The topological polar surface area (TPSA) is 16.4 Å².